The molecule has 0 saturated carbocycles. The molecule has 0 N–H and O–H groups in total. The summed E-state index contributed by atoms with van der Waals surface area (Å²) in [5.41, 5.74) is 10.8. The lowest BCUT2D eigenvalue weighted by atomic mass is 9.85. The molecule has 7 aromatic carbocycles. The Morgan fingerprint density at radius 1 is 0.310 bits per heavy atom. The van der Waals surface area contributed by atoms with Crippen LogP contribution < -0.4 is 0 Å². The first-order chi connectivity index (χ1) is 20.8. The van der Waals surface area contributed by atoms with E-state index in [9.17, 15) is 0 Å². The average Bonchev–Trinajstić information content (AvgIpc) is 3.08. The van der Waals surface area contributed by atoms with Crippen LogP contribution in [0.2, 0.25) is 0 Å². The third-order valence-corrected chi connectivity index (χ3v) is 8.30. The summed E-state index contributed by atoms with van der Waals surface area (Å²) < 4.78 is 0. The van der Waals surface area contributed by atoms with Crippen molar-refractivity contribution < 1.29 is 0 Å². The molecule has 0 aliphatic heterocycles. The second kappa shape index (κ2) is 10.1. The number of nitrogens with zero attached hydrogens (tertiary/aromatic N) is 1. The van der Waals surface area contributed by atoms with Crippen LogP contribution in [0.25, 0.3) is 77.0 Å². The number of aromatic nitrogens is 1. The molecule has 8 aromatic rings. The molecule has 1 nitrogen and oxygen atoms in total. The van der Waals surface area contributed by atoms with Gasteiger partial charge < -0.3 is 0 Å². The van der Waals surface area contributed by atoms with Crippen LogP contribution in [-0.2, 0) is 0 Å². The molecule has 0 fully saturated rings. The molecule has 0 unspecified atom stereocenters. The van der Waals surface area contributed by atoms with Crippen LogP contribution in [0.1, 0.15) is 0 Å². The van der Waals surface area contributed by atoms with Crippen LogP contribution >= 0.6 is 0 Å². The summed E-state index contributed by atoms with van der Waals surface area (Å²) in [6.07, 6.45) is 2.08. The van der Waals surface area contributed by atoms with Crippen LogP contribution in [0.5, 0.6) is 0 Å². The lowest BCUT2D eigenvalue weighted by Gasteiger charge is -2.19. The van der Waals surface area contributed by atoms with Crippen molar-refractivity contribution in [3.63, 3.8) is 0 Å². The highest BCUT2D eigenvalue weighted by Gasteiger charge is 2.19. The molecule has 0 amide bonds. The predicted octanol–water partition coefficient (Wildman–Crippen LogP) is 11.2. The first kappa shape index (κ1) is 24.3. The van der Waals surface area contributed by atoms with Crippen molar-refractivity contribution in [1.82, 2.24) is 4.98 Å². The zero-order chi connectivity index (χ0) is 27.9. The van der Waals surface area contributed by atoms with Crippen molar-refractivity contribution in [2.75, 3.05) is 0 Å². The summed E-state index contributed by atoms with van der Waals surface area (Å²) in [6.45, 7) is 0. The molecule has 196 valence electrons. The standard InChI is InChI=1S/C41H27N/c1-3-12-28(13-4-1)29-22-24-30(25-23-29)32-16-11-17-33(26-32)39-34-18-7-8-19-35(34)40(31-14-5-2-6-15-31)41-36-20-9-10-21-38(36)42-27-37(39)41/h1-27H. The molecule has 1 heterocycles. The molecule has 0 aliphatic rings. The van der Waals surface area contributed by atoms with E-state index in [1.165, 1.54) is 71.4 Å². The van der Waals surface area contributed by atoms with E-state index in [0.717, 1.165) is 5.52 Å². The molecule has 1 heteroatoms. The highest BCUT2D eigenvalue weighted by Crippen LogP contribution is 2.46. The van der Waals surface area contributed by atoms with Gasteiger partial charge in [-0.25, -0.2) is 0 Å². The fourth-order valence-electron chi connectivity index (χ4n) is 6.35. The van der Waals surface area contributed by atoms with Gasteiger partial charge in [0.25, 0.3) is 0 Å². The summed E-state index contributed by atoms with van der Waals surface area (Å²) in [6, 6.07) is 56.5. The van der Waals surface area contributed by atoms with Crippen LogP contribution in [0.15, 0.2) is 164 Å². The number of benzene rings is 7. The Bertz CT molecular complexity index is 2210. The van der Waals surface area contributed by atoms with Crippen molar-refractivity contribution in [3.8, 4) is 44.5 Å². The maximum atomic E-state index is 4.96. The minimum atomic E-state index is 1.01. The van der Waals surface area contributed by atoms with Gasteiger partial charge in [-0.2, -0.15) is 0 Å². The van der Waals surface area contributed by atoms with Crippen molar-refractivity contribution in [3.05, 3.63) is 164 Å². The van der Waals surface area contributed by atoms with Gasteiger partial charge in [-0.15, -0.1) is 0 Å². The Morgan fingerprint density at radius 2 is 0.810 bits per heavy atom. The van der Waals surface area contributed by atoms with Gasteiger partial charge >= 0.3 is 0 Å². The minimum Gasteiger partial charge on any atom is -0.256 e. The first-order valence-electron chi connectivity index (χ1n) is 14.4. The smallest absolute Gasteiger partial charge is 0.0708 e. The fraction of sp³-hybridized carbons (Fsp3) is 0. The number of hydrogen-bond acceptors (Lipinski definition) is 1. The van der Waals surface area contributed by atoms with E-state index >= 15 is 0 Å². The SMILES string of the molecule is c1ccc(-c2ccc(-c3cccc(-c4c5ccccc5c(-c5ccccc5)c5c4cnc4ccccc45)c3)cc2)cc1. The summed E-state index contributed by atoms with van der Waals surface area (Å²) in [4.78, 5) is 4.96. The van der Waals surface area contributed by atoms with Gasteiger partial charge in [0, 0.05) is 22.4 Å². The van der Waals surface area contributed by atoms with E-state index in [1.807, 2.05) is 0 Å². The van der Waals surface area contributed by atoms with E-state index < -0.39 is 0 Å². The topological polar surface area (TPSA) is 12.9 Å². The number of pyridine rings is 1. The number of fused-ring (bicyclic) bond motifs is 4. The zero-order valence-corrected chi connectivity index (χ0v) is 23.0. The van der Waals surface area contributed by atoms with Gasteiger partial charge in [0.15, 0.2) is 0 Å². The summed E-state index contributed by atoms with van der Waals surface area (Å²) in [7, 11) is 0. The van der Waals surface area contributed by atoms with Crippen LogP contribution in [0.4, 0.5) is 0 Å². The number of para-hydroxylation sites is 1. The Morgan fingerprint density at radius 3 is 1.52 bits per heavy atom. The molecule has 0 atom stereocenters. The van der Waals surface area contributed by atoms with Crippen molar-refractivity contribution >= 4 is 32.4 Å². The Kier molecular flexibility index (Phi) is 5.86. The van der Waals surface area contributed by atoms with Crippen LogP contribution in [-0.4, -0.2) is 4.98 Å². The highest BCUT2D eigenvalue weighted by atomic mass is 14.6. The van der Waals surface area contributed by atoms with Gasteiger partial charge in [-0.05, 0) is 67.4 Å². The average molecular weight is 534 g/mol. The van der Waals surface area contributed by atoms with Crippen molar-refractivity contribution in [1.29, 1.82) is 0 Å². The summed E-state index contributed by atoms with van der Waals surface area (Å²) >= 11 is 0. The Labute approximate surface area is 245 Å². The maximum Gasteiger partial charge on any atom is 0.0708 e. The molecule has 1 aromatic heterocycles. The lowest BCUT2D eigenvalue weighted by molar-refractivity contribution is 1.45. The molecule has 42 heavy (non-hydrogen) atoms. The van der Waals surface area contributed by atoms with E-state index in [0.29, 0.717) is 0 Å². The third-order valence-electron chi connectivity index (χ3n) is 8.30. The summed E-state index contributed by atoms with van der Waals surface area (Å²) in [5, 5.41) is 6.08. The highest BCUT2D eigenvalue weighted by molar-refractivity contribution is 6.27. The van der Waals surface area contributed by atoms with Crippen molar-refractivity contribution in [2.24, 2.45) is 0 Å². The Hall–Kier alpha value is -5.53. The maximum absolute atomic E-state index is 4.96. The number of rotatable bonds is 4. The fourth-order valence-corrected chi connectivity index (χ4v) is 6.35. The Balaban J connectivity index is 1.39. The molecule has 0 aliphatic carbocycles. The predicted molar refractivity (Wildman–Crippen MR) is 178 cm³/mol. The molecular weight excluding hydrogens is 506 g/mol. The quantitative estimate of drug-likeness (QED) is 0.162. The van der Waals surface area contributed by atoms with E-state index in [-0.39, 0.29) is 0 Å². The van der Waals surface area contributed by atoms with Gasteiger partial charge in [0.2, 0.25) is 0 Å². The van der Waals surface area contributed by atoms with Crippen LogP contribution in [0, 0.1) is 0 Å². The first-order valence-corrected chi connectivity index (χ1v) is 14.4. The molecule has 0 radical (unpaired) electrons. The number of hydrogen-bond donors (Lipinski definition) is 0. The van der Waals surface area contributed by atoms with E-state index in [1.54, 1.807) is 0 Å². The monoisotopic (exact) mass is 533 g/mol. The molecule has 0 spiro atoms. The summed E-state index contributed by atoms with van der Waals surface area (Å²) in [5.74, 6) is 0. The molecule has 8 rings (SSSR count). The normalized spacial score (nSPS) is 11.3. The second-order valence-electron chi connectivity index (χ2n) is 10.7. The van der Waals surface area contributed by atoms with Crippen LogP contribution in [0.3, 0.4) is 0 Å². The lowest BCUT2D eigenvalue weighted by Crippen LogP contribution is -1.93. The van der Waals surface area contributed by atoms with Gasteiger partial charge in [0.1, 0.15) is 0 Å². The minimum absolute atomic E-state index is 1.01. The second-order valence-corrected chi connectivity index (χ2v) is 10.7. The van der Waals surface area contributed by atoms with E-state index in [2.05, 4.69) is 164 Å². The molecule has 0 bridgehead atoms. The van der Waals surface area contributed by atoms with Gasteiger partial charge in [-0.3, -0.25) is 4.98 Å². The van der Waals surface area contributed by atoms with E-state index in [4.69, 9.17) is 4.98 Å². The molecule has 0 saturated heterocycles. The third kappa shape index (κ3) is 4.06. The largest absolute Gasteiger partial charge is 0.256 e. The zero-order valence-electron chi connectivity index (χ0n) is 23.0. The van der Waals surface area contributed by atoms with Gasteiger partial charge in [0.05, 0.1) is 5.52 Å². The van der Waals surface area contributed by atoms with Crippen molar-refractivity contribution in [2.45, 2.75) is 0 Å². The molecular formula is C41H27N. The van der Waals surface area contributed by atoms with Gasteiger partial charge in [-0.1, -0.05) is 146 Å².